The van der Waals surface area contributed by atoms with Crippen LogP contribution in [0.4, 0.5) is 0 Å². The minimum atomic E-state index is -1.48. The van der Waals surface area contributed by atoms with Crippen LogP contribution in [0.5, 0.6) is 0 Å². The largest absolute Gasteiger partial charge is 0.396 e. The summed E-state index contributed by atoms with van der Waals surface area (Å²) >= 11 is 0. The zero-order chi connectivity index (χ0) is 64.7. The first-order chi connectivity index (χ1) is 41.8. The number of hydrogen-bond donors (Lipinski definition) is 4. The molecular weight excluding hydrogens is 1130 g/mol. The van der Waals surface area contributed by atoms with E-state index in [1.54, 1.807) is 18.9 Å². The van der Waals surface area contributed by atoms with E-state index >= 15 is 9.59 Å². The predicted molar refractivity (Wildman–Crippen MR) is 327 cm³/mol. The van der Waals surface area contributed by atoms with Crippen molar-refractivity contribution in [1.82, 2.24) is 60.0 Å². The minimum Gasteiger partial charge on any atom is -0.396 e. The number of amides is 12. The first-order valence-electron chi connectivity index (χ1n) is 32.7. The van der Waals surface area contributed by atoms with Gasteiger partial charge in [0.05, 0.1) is 26.1 Å². The molecule has 4 N–H and O–H groups in total. The summed E-state index contributed by atoms with van der Waals surface area (Å²) in [6, 6.07) is -8.22. The van der Waals surface area contributed by atoms with Crippen molar-refractivity contribution >= 4 is 70.9 Å². The van der Waals surface area contributed by atoms with Gasteiger partial charge in [0, 0.05) is 75.6 Å². The Balaban J connectivity index is 1.37. The summed E-state index contributed by atoms with van der Waals surface area (Å²) in [5, 5.41) is 18.8. The van der Waals surface area contributed by atoms with Crippen molar-refractivity contribution in [3.8, 4) is 0 Å². The van der Waals surface area contributed by atoms with E-state index in [1.165, 1.54) is 78.6 Å². The molecule has 12 amide bonds. The van der Waals surface area contributed by atoms with E-state index in [0.717, 1.165) is 80.4 Å². The Bertz CT molecular complexity index is 2510. The fraction of sp³-hybridized carbons (Fsp3) is 0.810. The molecular formula is C63H104N12O13. The number of aliphatic hydroxyl groups is 1. The highest BCUT2D eigenvalue weighted by atomic mass is 16.3. The highest BCUT2D eigenvalue weighted by Gasteiger charge is 2.51. The van der Waals surface area contributed by atoms with E-state index in [9.17, 15) is 53.1 Å². The van der Waals surface area contributed by atoms with Crippen LogP contribution in [0.2, 0.25) is 0 Å². The Morgan fingerprint density at radius 1 is 0.591 bits per heavy atom. The van der Waals surface area contributed by atoms with Crippen molar-refractivity contribution in [2.24, 2.45) is 17.8 Å². The molecule has 494 valence electrons. The Hall–Kier alpha value is -6.40. The molecule has 3 saturated heterocycles. The van der Waals surface area contributed by atoms with Crippen LogP contribution in [0.1, 0.15) is 168 Å². The summed E-state index contributed by atoms with van der Waals surface area (Å²) in [7, 11) is 10.1. The monoisotopic (exact) mass is 1240 g/mol. The zero-order valence-corrected chi connectivity index (χ0v) is 54.4. The Morgan fingerprint density at radius 3 is 1.80 bits per heavy atom. The number of nitrogens with one attached hydrogen (secondary N) is 3. The second-order valence-electron chi connectivity index (χ2n) is 26.4. The van der Waals surface area contributed by atoms with E-state index < -0.39 is 157 Å². The molecule has 0 unspecified atom stereocenters. The molecule has 6 rings (SSSR count). The van der Waals surface area contributed by atoms with Gasteiger partial charge in [-0.2, -0.15) is 0 Å². The fourth-order valence-electron chi connectivity index (χ4n) is 14.1. The second-order valence-corrected chi connectivity index (χ2v) is 26.4. The summed E-state index contributed by atoms with van der Waals surface area (Å²) < 4.78 is 0. The molecule has 0 bridgehead atoms. The van der Waals surface area contributed by atoms with Crippen molar-refractivity contribution in [3.63, 3.8) is 0 Å². The molecule has 3 heterocycles. The fourth-order valence-corrected chi connectivity index (χ4v) is 14.1. The normalized spacial score (nSPS) is 28.7. The average molecular weight is 1240 g/mol. The third-order valence-electron chi connectivity index (χ3n) is 20.2. The van der Waals surface area contributed by atoms with Gasteiger partial charge in [-0.25, -0.2) is 0 Å². The Kier molecular flexibility index (Phi) is 26.0. The van der Waals surface area contributed by atoms with Gasteiger partial charge in [-0.05, 0) is 95.3 Å². The number of likely N-dealkylation sites (N-methyl/N-ethyl adjacent to an activating group) is 7. The topological polar surface area (TPSA) is 290 Å². The van der Waals surface area contributed by atoms with Crippen molar-refractivity contribution in [1.29, 1.82) is 0 Å². The maximum atomic E-state index is 15.5. The molecule has 3 aliphatic heterocycles. The van der Waals surface area contributed by atoms with Crippen molar-refractivity contribution in [2.45, 2.75) is 216 Å². The van der Waals surface area contributed by atoms with Gasteiger partial charge in [0.2, 0.25) is 70.9 Å². The van der Waals surface area contributed by atoms with Crippen LogP contribution in [0.15, 0.2) is 0 Å². The van der Waals surface area contributed by atoms with Gasteiger partial charge < -0.3 is 65.2 Å². The van der Waals surface area contributed by atoms with Crippen LogP contribution in [0.25, 0.3) is 0 Å². The van der Waals surface area contributed by atoms with Crippen molar-refractivity contribution in [2.75, 3.05) is 95.2 Å². The van der Waals surface area contributed by atoms with Crippen molar-refractivity contribution < 1.29 is 62.6 Å². The van der Waals surface area contributed by atoms with E-state index in [1.807, 2.05) is 6.92 Å². The molecule has 25 nitrogen and oxygen atoms in total. The van der Waals surface area contributed by atoms with Crippen LogP contribution < -0.4 is 16.0 Å². The third kappa shape index (κ3) is 17.3. The van der Waals surface area contributed by atoms with E-state index in [2.05, 4.69) is 16.0 Å². The predicted octanol–water partition coefficient (Wildman–Crippen LogP) is 1.47. The van der Waals surface area contributed by atoms with E-state index in [-0.39, 0.29) is 50.5 Å². The molecule has 3 saturated carbocycles. The SMILES string of the molecule is CC[C@H](C)[C@@H]1NC(=O)[C@H](C)N(C)C(=O)C[C@@H](C(=O)N2CCCCC2)N(C)C(=O)[C@H](C2CCCCC2)N(C)C(=O)C2(CCCC2)NC(=O)[C@@H]2CCCN2C(=O)[C@H](CCO)NC(=O)CN(C)C(=O)[C@H](CC2CCCCC2)N(C)C(=O)CN(C)C(=O)CN(C)C1=O. The maximum absolute atomic E-state index is 15.5. The van der Waals surface area contributed by atoms with Gasteiger partial charge in [-0.3, -0.25) is 57.5 Å². The molecule has 88 heavy (non-hydrogen) atoms. The van der Waals surface area contributed by atoms with Gasteiger partial charge in [0.1, 0.15) is 47.8 Å². The van der Waals surface area contributed by atoms with Gasteiger partial charge in [-0.15, -0.1) is 0 Å². The number of piperidine rings is 1. The van der Waals surface area contributed by atoms with Gasteiger partial charge >= 0.3 is 0 Å². The molecule has 0 aromatic carbocycles. The molecule has 1 spiro atoms. The smallest absolute Gasteiger partial charge is 0.248 e. The van der Waals surface area contributed by atoms with Crippen LogP contribution in [-0.2, 0) is 57.5 Å². The molecule has 25 heteroatoms. The standard InChI is InChI=1S/C63H104N12O13/c1-11-41(2)53-60(86)69(6)39-51(79)67(4)40-52(80)71(8)47(36-43-24-15-12-16-25-43)58(84)68(5)38-49(77)64-45(29-35-76)57(83)75-34-23-28-46(75)56(82)66-63(30-19-20-31-63)62(88)73(10)54(44-26-17-13-18-27-44)61(87)72(9)48(59(85)74-32-21-14-22-33-74)37-50(78)70(7)42(3)55(81)65-53/h41-48,53-54,76H,11-40H2,1-10H3,(H,64,77)(H,65,81)(H,66,82)/t41-,42-,45-,46-,47-,48-,53-,54-/m0/s1. The lowest BCUT2D eigenvalue weighted by Crippen LogP contribution is -2.65. The quantitative estimate of drug-likeness (QED) is 0.268. The summed E-state index contributed by atoms with van der Waals surface area (Å²) in [6.45, 7) is 4.05. The maximum Gasteiger partial charge on any atom is 0.248 e. The number of likely N-dealkylation sites (tertiary alicyclic amines) is 1. The number of aliphatic hydroxyl groups excluding tert-OH is 1. The highest BCUT2D eigenvalue weighted by Crippen LogP contribution is 2.37. The zero-order valence-electron chi connectivity index (χ0n) is 54.4. The molecule has 0 aromatic rings. The molecule has 3 aliphatic carbocycles. The highest BCUT2D eigenvalue weighted by molar-refractivity contribution is 6.00. The molecule has 8 atom stereocenters. The van der Waals surface area contributed by atoms with Crippen molar-refractivity contribution in [3.05, 3.63) is 0 Å². The lowest BCUT2D eigenvalue weighted by atomic mass is 9.81. The first kappa shape index (κ1) is 70.7. The average Bonchev–Trinajstić information content (AvgIpc) is 3.68. The molecule has 6 aliphatic rings. The summed E-state index contributed by atoms with van der Waals surface area (Å²) in [4.78, 5) is 187. The number of nitrogens with zero attached hydrogens (tertiary/aromatic N) is 9. The van der Waals surface area contributed by atoms with E-state index in [4.69, 9.17) is 0 Å². The van der Waals surface area contributed by atoms with Crippen LogP contribution in [0.3, 0.4) is 0 Å². The Labute approximate surface area is 521 Å². The van der Waals surface area contributed by atoms with Crippen LogP contribution in [0, 0.1) is 17.8 Å². The van der Waals surface area contributed by atoms with Gasteiger partial charge in [-0.1, -0.05) is 84.5 Å². The minimum absolute atomic E-state index is 0.0876. The number of carbonyl (C=O) groups is 12. The summed E-state index contributed by atoms with van der Waals surface area (Å²) in [6.07, 6.45) is 12.9. The summed E-state index contributed by atoms with van der Waals surface area (Å²) in [5.41, 5.74) is -1.48. The molecule has 0 aromatic heterocycles. The lowest BCUT2D eigenvalue weighted by molar-refractivity contribution is -0.157. The third-order valence-corrected chi connectivity index (χ3v) is 20.2. The van der Waals surface area contributed by atoms with E-state index in [0.29, 0.717) is 51.6 Å². The molecule has 0 radical (unpaired) electrons. The second kappa shape index (κ2) is 32.4. The number of rotatable bonds is 8. The van der Waals surface area contributed by atoms with Crippen LogP contribution in [-0.4, -0.2) is 263 Å². The summed E-state index contributed by atoms with van der Waals surface area (Å²) in [5.74, 6) is -7.85. The number of fused-ring (bicyclic) bond motifs is 1. The van der Waals surface area contributed by atoms with Gasteiger partial charge in [0.15, 0.2) is 0 Å². The Morgan fingerprint density at radius 2 is 1.18 bits per heavy atom. The lowest BCUT2D eigenvalue weighted by Gasteiger charge is -2.43. The van der Waals surface area contributed by atoms with Gasteiger partial charge in [0.25, 0.3) is 0 Å². The number of hydrogen-bond acceptors (Lipinski definition) is 13. The molecule has 6 fully saturated rings. The first-order valence-corrected chi connectivity index (χ1v) is 32.7. The number of carbonyl (C=O) groups excluding carboxylic acids is 12. The van der Waals surface area contributed by atoms with Crippen LogP contribution >= 0.6 is 0 Å².